The van der Waals surface area contributed by atoms with Crippen molar-refractivity contribution in [2.45, 2.75) is 44.2 Å². The summed E-state index contributed by atoms with van der Waals surface area (Å²) in [7, 11) is -1.65. The zero-order valence-corrected chi connectivity index (χ0v) is 16.2. The molecule has 2 aliphatic rings. The average molecular weight is 395 g/mol. The Labute approximate surface area is 159 Å². The van der Waals surface area contributed by atoms with Gasteiger partial charge in [0.15, 0.2) is 16.4 Å². The molecule has 1 aliphatic carbocycles. The molecule has 1 amide bonds. The summed E-state index contributed by atoms with van der Waals surface area (Å²) in [5, 5.41) is 0. The number of amides is 1. The molecule has 1 saturated heterocycles. The zero-order chi connectivity index (χ0) is 19.4. The summed E-state index contributed by atoms with van der Waals surface area (Å²) in [4.78, 5) is 26.8. The molecule has 0 spiro atoms. The van der Waals surface area contributed by atoms with E-state index >= 15 is 0 Å². The molecule has 1 aromatic rings. The smallest absolute Gasteiger partial charge is 0.342 e. The molecule has 0 bridgehead atoms. The van der Waals surface area contributed by atoms with E-state index in [9.17, 15) is 18.0 Å². The van der Waals surface area contributed by atoms with Gasteiger partial charge in [-0.1, -0.05) is 25.0 Å². The second kappa shape index (κ2) is 8.29. The van der Waals surface area contributed by atoms with E-state index < -0.39 is 22.4 Å². The summed E-state index contributed by atoms with van der Waals surface area (Å²) in [6.07, 6.45) is 4.22. The summed E-state index contributed by atoms with van der Waals surface area (Å²) in [6.45, 7) is -0.399. The average Bonchev–Trinajstić information content (AvgIpc) is 3.30. The molecular formula is C19H25NO6S. The number of methoxy groups -OCH3 is 1. The second-order valence-electron chi connectivity index (χ2n) is 7.07. The molecule has 8 heteroatoms. The number of carbonyl (C=O) groups excluding carboxylic acids is 2. The van der Waals surface area contributed by atoms with Crippen LogP contribution in [-0.4, -0.2) is 62.5 Å². The van der Waals surface area contributed by atoms with Gasteiger partial charge in [0.1, 0.15) is 11.3 Å². The van der Waals surface area contributed by atoms with E-state index in [0.29, 0.717) is 12.2 Å². The van der Waals surface area contributed by atoms with Crippen molar-refractivity contribution in [1.82, 2.24) is 4.90 Å². The number of nitrogens with zero attached hydrogens (tertiary/aromatic N) is 1. The molecule has 148 valence electrons. The number of sulfone groups is 1. The van der Waals surface area contributed by atoms with Crippen LogP contribution in [0.4, 0.5) is 0 Å². The molecule has 1 aromatic carbocycles. The van der Waals surface area contributed by atoms with Gasteiger partial charge in [-0.2, -0.15) is 0 Å². The first-order chi connectivity index (χ1) is 12.9. The van der Waals surface area contributed by atoms with Gasteiger partial charge < -0.3 is 14.4 Å². The molecule has 1 saturated carbocycles. The SMILES string of the molecule is COc1ccccc1C(=O)OCC(=O)N(C1CCCC1)[C@@H]1CCS(=O)(=O)C1. The summed E-state index contributed by atoms with van der Waals surface area (Å²) in [5.74, 6) is -0.479. The number of carbonyl (C=O) groups is 2. The molecule has 0 radical (unpaired) electrons. The Bertz CT molecular complexity index is 800. The molecule has 0 unspecified atom stereocenters. The lowest BCUT2D eigenvalue weighted by Crippen LogP contribution is -2.48. The van der Waals surface area contributed by atoms with Gasteiger partial charge in [0.05, 0.1) is 18.6 Å². The highest BCUT2D eigenvalue weighted by Gasteiger charge is 2.39. The number of esters is 1. The van der Waals surface area contributed by atoms with E-state index in [0.717, 1.165) is 25.7 Å². The summed E-state index contributed by atoms with van der Waals surface area (Å²) in [6, 6.07) is 6.35. The predicted molar refractivity (Wildman–Crippen MR) is 99.4 cm³/mol. The lowest BCUT2D eigenvalue weighted by atomic mass is 10.1. The third kappa shape index (κ3) is 4.61. The normalized spacial score (nSPS) is 21.7. The van der Waals surface area contributed by atoms with Crippen LogP contribution in [0.25, 0.3) is 0 Å². The van der Waals surface area contributed by atoms with Crippen molar-refractivity contribution in [2.24, 2.45) is 0 Å². The zero-order valence-electron chi connectivity index (χ0n) is 15.4. The molecule has 0 N–H and O–H groups in total. The van der Waals surface area contributed by atoms with E-state index in [1.54, 1.807) is 29.2 Å². The fourth-order valence-electron chi connectivity index (χ4n) is 3.98. The highest BCUT2D eigenvalue weighted by Crippen LogP contribution is 2.29. The number of benzene rings is 1. The second-order valence-corrected chi connectivity index (χ2v) is 9.30. The minimum atomic E-state index is -3.10. The van der Waals surface area contributed by atoms with E-state index in [-0.39, 0.29) is 35.1 Å². The van der Waals surface area contributed by atoms with Crippen molar-refractivity contribution in [3.63, 3.8) is 0 Å². The van der Waals surface area contributed by atoms with Crippen LogP contribution in [0.3, 0.4) is 0 Å². The van der Waals surface area contributed by atoms with Gasteiger partial charge in [0.25, 0.3) is 5.91 Å². The minimum absolute atomic E-state index is 0.00427. The van der Waals surface area contributed by atoms with Crippen LogP contribution < -0.4 is 4.74 Å². The van der Waals surface area contributed by atoms with Crippen LogP contribution in [0.15, 0.2) is 24.3 Å². The van der Waals surface area contributed by atoms with E-state index in [1.165, 1.54) is 7.11 Å². The maximum Gasteiger partial charge on any atom is 0.342 e. The van der Waals surface area contributed by atoms with Crippen molar-refractivity contribution in [1.29, 1.82) is 0 Å². The van der Waals surface area contributed by atoms with Gasteiger partial charge >= 0.3 is 5.97 Å². The van der Waals surface area contributed by atoms with E-state index in [4.69, 9.17) is 9.47 Å². The van der Waals surface area contributed by atoms with Crippen LogP contribution in [0, 0.1) is 0 Å². The minimum Gasteiger partial charge on any atom is -0.496 e. The van der Waals surface area contributed by atoms with Gasteiger partial charge in [0, 0.05) is 12.1 Å². The number of ether oxygens (including phenoxy) is 2. The Morgan fingerprint density at radius 3 is 2.44 bits per heavy atom. The standard InChI is InChI=1S/C19H25NO6S/c1-25-17-9-5-4-8-16(17)19(22)26-12-18(21)20(14-6-2-3-7-14)15-10-11-27(23,24)13-15/h4-5,8-9,14-15H,2-3,6-7,10-13H2,1H3/t15-/m1/s1. The van der Waals surface area contributed by atoms with Crippen LogP contribution in [-0.2, 0) is 19.4 Å². The first-order valence-corrected chi connectivity index (χ1v) is 11.0. The van der Waals surface area contributed by atoms with Crippen LogP contribution in [0.2, 0.25) is 0 Å². The van der Waals surface area contributed by atoms with Crippen LogP contribution in [0.1, 0.15) is 42.5 Å². The van der Waals surface area contributed by atoms with Gasteiger partial charge in [-0.15, -0.1) is 0 Å². The Morgan fingerprint density at radius 1 is 1.11 bits per heavy atom. The molecular weight excluding hydrogens is 370 g/mol. The number of rotatable bonds is 6. The monoisotopic (exact) mass is 395 g/mol. The number of hydrogen-bond donors (Lipinski definition) is 0. The maximum absolute atomic E-state index is 12.8. The topological polar surface area (TPSA) is 90.0 Å². The third-order valence-corrected chi connectivity index (χ3v) is 7.01. The molecule has 7 nitrogen and oxygen atoms in total. The van der Waals surface area contributed by atoms with Gasteiger partial charge in [-0.05, 0) is 31.4 Å². The molecule has 0 aromatic heterocycles. The van der Waals surface area contributed by atoms with Crippen molar-refractivity contribution in [3.8, 4) is 5.75 Å². The van der Waals surface area contributed by atoms with Gasteiger partial charge in [-0.3, -0.25) is 4.79 Å². The van der Waals surface area contributed by atoms with Crippen LogP contribution >= 0.6 is 0 Å². The van der Waals surface area contributed by atoms with Gasteiger partial charge in [0.2, 0.25) is 0 Å². The predicted octanol–water partition coefficient (Wildman–Crippen LogP) is 1.81. The lowest BCUT2D eigenvalue weighted by molar-refractivity contribution is -0.139. The molecule has 1 aliphatic heterocycles. The summed E-state index contributed by atoms with van der Waals surface area (Å²) < 4.78 is 34.1. The maximum atomic E-state index is 12.8. The molecule has 1 atom stereocenters. The first kappa shape index (κ1) is 19.7. The fourth-order valence-corrected chi connectivity index (χ4v) is 5.69. The molecule has 1 heterocycles. The Balaban J connectivity index is 1.68. The highest BCUT2D eigenvalue weighted by atomic mass is 32.2. The van der Waals surface area contributed by atoms with Crippen molar-refractivity contribution >= 4 is 21.7 Å². The fraction of sp³-hybridized carbons (Fsp3) is 0.579. The lowest BCUT2D eigenvalue weighted by Gasteiger charge is -2.33. The highest BCUT2D eigenvalue weighted by molar-refractivity contribution is 7.91. The van der Waals surface area contributed by atoms with Crippen molar-refractivity contribution < 1.29 is 27.5 Å². The van der Waals surface area contributed by atoms with Crippen LogP contribution in [0.5, 0.6) is 5.75 Å². The Kier molecular flexibility index (Phi) is 6.04. The molecule has 3 rings (SSSR count). The Hall–Kier alpha value is -2.09. The number of hydrogen-bond acceptors (Lipinski definition) is 6. The van der Waals surface area contributed by atoms with E-state index in [1.807, 2.05) is 0 Å². The number of para-hydroxylation sites is 1. The Morgan fingerprint density at radius 2 is 1.81 bits per heavy atom. The molecule has 2 fully saturated rings. The molecule has 27 heavy (non-hydrogen) atoms. The quantitative estimate of drug-likeness (QED) is 0.683. The summed E-state index contributed by atoms with van der Waals surface area (Å²) >= 11 is 0. The third-order valence-electron chi connectivity index (χ3n) is 5.26. The summed E-state index contributed by atoms with van der Waals surface area (Å²) in [5.41, 5.74) is 0.253. The largest absolute Gasteiger partial charge is 0.496 e. The first-order valence-electron chi connectivity index (χ1n) is 9.23. The van der Waals surface area contributed by atoms with Crippen molar-refractivity contribution in [3.05, 3.63) is 29.8 Å². The van der Waals surface area contributed by atoms with E-state index in [2.05, 4.69) is 0 Å². The van der Waals surface area contributed by atoms with Gasteiger partial charge in [-0.25, -0.2) is 13.2 Å². The van der Waals surface area contributed by atoms with Crippen molar-refractivity contribution in [2.75, 3.05) is 25.2 Å².